The van der Waals surface area contributed by atoms with Gasteiger partial charge < -0.3 is 24.6 Å². The predicted octanol–water partition coefficient (Wildman–Crippen LogP) is 5.20. The number of benzene rings is 1. The summed E-state index contributed by atoms with van der Waals surface area (Å²) in [5.74, 6) is 0. The molecule has 3 amide bonds. The summed E-state index contributed by atoms with van der Waals surface area (Å²) >= 11 is 13.9. The fraction of sp³-hybridized carbons (Fsp3) is 0.581. The molecule has 13 heteroatoms. The van der Waals surface area contributed by atoms with E-state index in [0.29, 0.717) is 42.0 Å². The zero-order valence-electron chi connectivity index (χ0n) is 25.1. The SMILES string of the molecule is CN1CCN(C2CCN([C@]3(CC=O)C[C@H](N4Cc5sccc5NC4=O)CCN3C(=O)OCc3ccc(Cl)c(Cl)c3)CC2)CC1. The third-order valence-corrected chi connectivity index (χ3v) is 11.5. The molecule has 0 radical (unpaired) electrons. The number of piperidine rings is 2. The number of amides is 3. The number of halogens is 2. The van der Waals surface area contributed by atoms with Gasteiger partial charge in [0.05, 0.1) is 22.3 Å². The van der Waals surface area contributed by atoms with E-state index in [-0.39, 0.29) is 25.1 Å². The Balaban J connectivity index is 1.23. The lowest BCUT2D eigenvalue weighted by atomic mass is 9.84. The summed E-state index contributed by atoms with van der Waals surface area (Å²) in [6, 6.07) is 7.30. The molecule has 0 saturated carbocycles. The Bertz CT molecular complexity index is 1360. The van der Waals surface area contributed by atoms with Gasteiger partial charge in [-0.25, -0.2) is 9.59 Å². The van der Waals surface area contributed by atoms with Crippen molar-refractivity contribution in [2.75, 3.05) is 58.2 Å². The molecule has 3 fully saturated rings. The highest BCUT2D eigenvalue weighted by molar-refractivity contribution is 7.10. The van der Waals surface area contributed by atoms with E-state index in [4.69, 9.17) is 27.9 Å². The molecule has 4 aliphatic heterocycles. The van der Waals surface area contributed by atoms with E-state index in [1.165, 1.54) is 0 Å². The highest BCUT2D eigenvalue weighted by Gasteiger charge is 2.52. The lowest BCUT2D eigenvalue weighted by Gasteiger charge is -2.57. The Labute approximate surface area is 272 Å². The van der Waals surface area contributed by atoms with Gasteiger partial charge in [0.15, 0.2) is 0 Å². The molecule has 0 bridgehead atoms. The van der Waals surface area contributed by atoms with E-state index in [0.717, 1.165) is 74.5 Å². The van der Waals surface area contributed by atoms with Gasteiger partial charge >= 0.3 is 12.1 Å². The first-order valence-electron chi connectivity index (χ1n) is 15.4. The Morgan fingerprint density at radius 1 is 1.05 bits per heavy atom. The maximum Gasteiger partial charge on any atom is 0.411 e. The van der Waals surface area contributed by atoms with Gasteiger partial charge in [0.1, 0.15) is 18.6 Å². The van der Waals surface area contributed by atoms with Crippen LogP contribution in [0.4, 0.5) is 15.3 Å². The summed E-state index contributed by atoms with van der Waals surface area (Å²) < 4.78 is 5.86. The molecule has 4 aliphatic rings. The molecular formula is C31H40Cl2N6O4S. The normalized spacial score (nSPS) is 25.9. The van der Waals surface area contributed by atoms with Crippen molar-refractivity contribution in [2.24, 2.45) is 0 Å². The summed E-state index contributed by atoms with van der Waals surface area (Å²) in [5, 5.41) is 5.85. The highest BCUT2D eigenvalue weighted by Crippen LogP contribution is 2.41. The molecule has 6 rings (SSSR count). The van der Waals surface area contributed by atoms with Crippen molar-refractivity contribution < 1.29 is 19.1 Å². The number of aldehydes is 1. The van der Waals surface area contributed by atoms with E-state index in [9.17, 15) is 14.4 Å². The van der Waals surface area contributed by atoms with Crippen LogP contribution in [0.15, 0.2) is 29.6 Å². The van der Waals surface area contributed by atoms with Gasteiger partial charge in [0.2, 0.25) is 0 Å². The first kappa shape index (κ1) is 31.6. The standard InChI is InChI=1S/C31H40Cl2N6O4S/c1-35-12-14-36(15-13-35)23-4-9-37(10-5-23)31(8-16-40)19-24(38-20-28-27(7-17-44-28)34-29(38)41)6-11-39(31)30(42)43-21-22-2-3-25(32)26(33)18-22/h2-3,7,16-18,23-24H,4-6,8-15,19-21H2,1H3,(H,34,41)/t24-,31+/m1/s1. The van der Waals surface area contributed by atoms with Gasteiger partial charge in [0.25, 0.3) is 0 Å². The van der Waals surface area contributed by atoms with E-state index in [1.54, 1.807) is 34.4 Å². The van der Waals surface area contributed by atoms with Crippen molar-refractivity contribution in [3.8, 4) is 0 Å². The van der Waals surface area contributed by atoms with Gasteiger partial charge in [-0.1, -0.05) is 29.3 Å². The molecule has 2 atom stereocenters. The third kappa shape index (κ3) is 6.45. The Hall–Kier alpha value is -2.41. The second-order valence-electron chi connectivity index (χ2n) is 12.3. The molecule has 44 heavy (non-hydrogen) atoms. The monoisotopic (exact) mass is 662 g/mol. The molecular weight excluding hydrogens is 623 g/mol. The average Bonchev–Trinajstić information content (AvgIpc) is 3.49. The lowest BCUT2D eigenvalue weighted by Crippen LogP contribution is -2.70. The Morgan fingerprint density at radius 3 is 2.52 bits per heavy atom. The number of likely N-dealkylation sites (N-methyl/N-ethyl adjacent to an activating group) is 1. The van der Waals surface area contributed by atoms with Crippen LogP contribution in [-0.2, 0) is 22.7 Å². The largest absolute Gasteiger partial charge is 0.444 e. The molecule has 10 nitrogen and oxygen atoms in total. The van der Waals surface area contributed by atoms with Crippen LogP contribution in [0.1, 0.15) is 42.5 Å². The van der Waals surface area contributed by atoms with Crippen LogP contribution in [-0.4, -0.2) is 114 Å². The quantitative estimate of drug-likeness (QED) is 0.408. The topological polar surface area (TPSA) is 88.7 Å². The molecule has 2 aromatic rings. The Morgan fingerprint density at radius 2 is 1.80 bits per heavy atom. The van der Waals surface area contributed by atoms with Gasteiger partial charge in [-0.05, 0) is 55.5 Å². The summed E-state index contributed by atoms with van der Waals surface area (Å²) in [6.45, 7) is 6.71. The Kier molecular flexibility index (Phi) is 9.70. The van der Waals surface area contributed by atoms with E-state index in [2.05, 4.69) is 27.1 Å². The number of carbonyl (C=O) groups is 3. The van der Waals surface area contributed by atoms with Crippen molar-refractivity contribution in [2.45, 2.75) is 63.0 Å². The molecule has 1 aromatic carbocycles. The molecule has 1 aromatic heterocycles. The predicted molar refractivity (Wildman–Crippen MR) is 172 cm³/mol. The maximum atomic E-state index is 13.9. The van der Waals surface area contributed by atoms with Gasteiger partial charge in [-0.2, -0.15) is 0 Å². The van der Waals surface area contributed by atoms with Crippen LogP contribution in [0.5, 0.6) is 0 Å². The molecule has 1 N–H and O–H groups in total. The second kappa shape index (κ2) is 13.5. The number of rotatable bonds is 7. The fourth-order valence-electron chi connectivity index (χ4n) is 7.33. The number of nitrogens with zero attached hydrogens (tertiary/aromatic N) is 5. The number of nitrogens with one attached hydrogen (secondary N) is 1. The zero-order valence-corrected chi connectivity index (χ0v) is 27.4. The van der Waals surface area contributed by atoms with Crippen LogP contribution in [0.3, 0.4) is 0 Å². The zero-order chi connectivity index (χ0) is 30.8. The number of thiophene rings is 1. The number of hydrogen-bond donors (Lipinski definition) is 1. The summed E-state index contributed by atoms with van der Waals surface area (Å²) in [4.78, 5) is 51.6. The summed E-state index contributed by atoms with van der Waals surface area (Å²) in [5.41, 5.74) is 0.695. The van der Waals surface area contributed by atoms with E-state index >= 15 is 0 Å². The maximum absolute atomic E-state index is 13.9. The minimum atomic E-state index is -0.900. The first-order chi connectivity index (χ1) is 21.3. The van der Waals surface area contributed by atoms with Crippen LogP contribution in [0.25, 0.3) is 0 Å². The smallest absolute Gasteiger partial charge is 0.411 e. The second-order valence-corrected chi connectivity index (χ2v) is 14.1. The minimum Gasteiger partial charge on any atom is -0.444 e. The van der Waals surface area contributed by atoms with Gasteiger partial charge in [0, 0.05) is 75.6 Å². The number of likely N-dealkylation sites (tertiary alicyclic amines) is 2. The summed E-state index contributed by atoms with van der Waals surface area (Å²) in [6.07, 6.45) is 3.58. The summed E-state index contributed by atoms with van der Waals surface area (Å²) in [7, 11) is 2.17. The first-order valence-corrected chi connectivity index (χ1v) is 17.0. The molecule has 5 heterocycles. The third-order valence-electron chi connectivity index (χ3n) is 9.84. The molecule has 0 unspecified atom stereocenters. The average molecular weight is 664 g/mol. The van der Waals surface area contributed by atoms with Crippen LogP contribution in [0, 0.1) is 0 Å². The lowest BCUT2D eigenvalue weighted by molar-refractivity contribution is -0.129. The van der Waals surface area contributed by atoms with E-state index < -0.39 is 11.8 Å². The number of urea groups is 1. The number of fused-ring (bicyclic) bond motifs is 1. The van der Waals surface area contributed by atoms with E-state index in [1.807, 2.05) is 16.3 Å². The molecule has 0 aliphatic carbocycles. The van der Waals surface area contributed by atoms with Crippen molar-refractivity contribution in [1.29, 1.82) is 0 Å². The molecule has 238 valence electrons. The van der Waals surface area contributed by atoms with Crippen molar-refractivity contribution in [3.05, 3.63) is 50.1 Å². The number of anilines is 1. The highest BCUT2D eigenvalue weighted by atomic mass is 35.5. The van der Waals surface area contributed by atoms with Crippen molar-refractivity contribution in [1.82, 2.24) is 24.5 Å². The van der Waals surface area contributed by atoms with Crippen molar-refractivity contribution in [3.63, 3.8) is 0 Å². The number of piperazine rings is 1. The van der Waals surface area contributed by atoms with Crippen LogP contribution < -0.4 is 5.32 Å². The fourth-order valence-corrected chi connectivity index (χ4v) is 8.48. The number of carbonyl (C=O) groups excluding carboxylic acids is 3. The molecule has 3 saturated heterocycles. The number of hydrogen-bond acceptors (Lipinski definition) is 8. The minimum absolute atomic E-state index is 0.0357. The van der Waals surface area contributed by atoms with Crippen LogP contribution in [0.2, 0.25) is 10.0 Å². The van der Waals surface area contributed by atoms with Crippen LogP contribution >= 0.6 is 34.5 Å². The number of ether oxygens (including phenoxy) is 1. The van der Waals surface area contributed by atoms with Gasteiger partial charge in [-0.15, -0.1) is 11.3 Å². The van der Waals surface area contributed by atoms with Crippen molar-refractivity contribution >= 4 is 58.6 Å². The van der Waals surface area contributed by atoms with Gasteiger partial charge in [-0.3, -0.25) is 14.7 Å². The molecule has 0 spiro atoms.